The lowest BCUT2D eigenvalue weighted by Crippen LogP contribution is -2.59. The van der Waals surface area contributed by atoms with E-state index in [1.165, 1.54) is 0 Å². The Morgan fingerprint density at radius 3 is 2.79 bits per heavy atom. The summed E-state index contributed by atoms with van der Waals surface area (Å²) in [7, 11) is 1.74. The number of nitrogens with one attached hydrogen (secondary N) is 1. The average Bonchev–Trinajstić information content (AvgIpc) is 2.10. The lowest BCUT2D eigenvalue weighted by molar-refractivity contribution is -0.130. The molecular weight excluding hydrogens is 178 g/mol. The van der Waals surface area contributed by atoms with Gasteiger partial charge in [-0.1, -0.05) is 12.2 Å². The molecule has 0 radical (unpaired) electrons. The van der Waals surface area contributed by atoms with Gasteiger partial charge in [-0.2, -0.15) is 0 Å². The molecule has 0 saturated heterocycles. The zero-order valence-corrected chi connectivity index (χ0v) is 9.38. The van der Waals surface area contributed by atoms with Crippen LogP contribution in [0.2, 0.25) is 0 Å². The van der Waals surface area contributed by atoms with Crippen molar-refractivity contribution in [3.05, 3.63) is 12.2 Å². The van der Waals surface area contributed by atoms with Gasteiger partial charge in [0.15, 0.2) is 0 Å². The van der Waals surface area contributed by atoms with Crippen molar-refractivity contribution in [3.8, 4) is 0 Å². The molecule has 3 nitrogen and oxygen atoms in total. The van der Waals surface area contributed by atoms with Gasteiger partial charge in [0.2, 0.25) is 0 Å². The number of ether oxygens (including phenoxy) is 2. The third kappa shape index (κ3) is 2.80. The minimum atomic E-state index is 0.203. The first kappa shape index (κ1) is 11.7. The van der Waals surface area contributed by atoms with Crippen molar-refractivity contribution in [3.63, 3.8) is 0 Å². The van der Waals surface area contributed by atoms with Gasteiger partial charge >= 0.3 is 0 Å². The molecule has 1 fully saturated rings. The third-order valence-corrected chi connectivity index (χ3v) is 2.57. The van der Waals surface area contributed by atoms with E-state index in [0.717, 1.165) is 25.1 Å². The minimum Gasteiger partial charge on any atom is -0.377 e. The van der Waals surface area contributed by atoms with Crippen LogP contribution < -0.4 is 5.32 Å². The summed E-state index contributed by atoms with van der Waals surface area (Å²) >= 11 is 0. The van der Waals surface area contributed by atoms with Gasteiger partial charge in [0.1, 0.15) is 0 Å². The topological polar surface area (TPSA) is 30.5 Å². The van der Waals surface area contributed by atoms with Crippen LogP contribution >= 0.6 is 0 Å². The molecule has 1 N–H and O–H groups in total. The molecule has 1 saturated carbocycles. The van der Waals surface area contributed by atoms with Crippen LogP contribution in [0.5, 0.6) is 0 Å². The Hall–Kier alpha value is -0.380. The predicted octanol–water partition coefficient (Wildman–Crippen LogP) is 1.34. The van der Waals surface area contributed by atoms with Crippen molar-refractivity contribution < 1.29 is 9.47 Å². The Kier molecular flexibility index (Phi) is 4.58. The lowest BCUT2D eigenvalue weighted by atomic mass is 9.85. The second-order valence-corrected chi connectivity index (χ2v) is 3.87. The molecule has 14 heavy (non-hydrogen) atoms. The van der Waals surface area contributed by atoms with Crippen LogP contribution in [-0.4, -0.2) is 38.5 Å². The second-order valence-electron chi connectivity index (χ2n) is 3.87. The van der Waals surface area contributed by atoms with Crippen LogP contribution in [0.25, 0.3) is 0 Å². The summed E-state index contributed by atoms with van der Waals surface area (Å²) in [6, 6.07) is 0.424. The van der Waals surface area contributed by atoms with Crippen LogP contribution in [0.15, 0.2) is 12.2 Å². The van der Waals surface area contributed by atoms with E-state index in [0.29, 0.717) is 6.04 Å². The first-order valence-corrected chi connectivity index (χ1v) is 5.21. The standard InChI is InChI=1S/C11H21NO2/c1-5-14-10-6-9(11(10)13-4)12-7-8(2)3/h9-12H,2,5-7H2,1,3-4H3. The normalized spacial score (nSPS) is 31.2. The second kappa shape index (κ2) is 5.49. The zero-order chi connectivity index (χ0) is 10.6. The minimum absolute atomic E-state index is 0.203. The van der Waals surface area contributed by atoms with Crippen molar-refractivity contribution in [1.29, 1.82) is 0 Å². The van der Waals surface area contributed by atoms with E-state index in [9.17, 15) is 0 Å². The van der Waals surface area contributed by atoms with E-state index in [4.69, 9.17) is 9.47 Å². The Balaban J connectivity index is 2.25. The highest BCUT2D eigenvalue weighted by molar-refractivity contribution is 5.00. The Morgan fingerprint density at radius 1 is 1.57 bits per heavy atom. The van der Waals surface area contributed by atoms with Crippen LogP contribution in [-0.2, 0) is 9.47 Å². The first-order valence-electron chi connectivity index (χ1n) is 5.21. The molecule has 0 aromatic rings. The predicted molar refractivity (Wildman–Crippen MR) is 57.4 cm³/mol. The van der Waals surface area contributed by atoms with E-state index >= 15 is 0 Å². The molecule has 0 bridgehead atoms. The maximum absolute atomic E-state index is 5.53. The monoisotopic (exact) mass is 199 g/mol. The molecule has 3 heteroatoms. The Bertz CT molecular complexity index is 194. The fourth-order valence-corrected chi connectivity index (χ4v) is 1.78. The molecule has 82 valence electrons. The molecule has 1 aliphatic rings. The average molecular weight is 199 g/mol. The summed E-state index contributed by atoms with van der Waals surface area (Å²) in [5, 5.41) is 3.40. The lowest BCUT2D eigenvalue weighted by Gasteiger charge is -2.43. The highest BCUT2D eigenvalue weighted by atomic mass is 16.5. The van der Waals surface area contributed by atoms with E-state index in [-0.39, 0.29) is 12.2 Å². The summed E-state index contributed by atoms with van der Waals surface area (Å²) < 4.78 is 10.9. The summed E-state index contributed by atoms with van der Waals surface area (Å²) in [4.78, 5) is 0. The fraction of sp³-hybridized carbons (Fsp3) is 0.818. The highest BCUT2D eigenvalue weighted by Gasteiger charge is 2.41. The smallest absolute Gasteiger partial charge is 0.0986 e. The van der Waals surface area contributed by atoms with E-state index < -0.39 is 0 Å². The molecule has 0 amide bonds. The molecule has 3 unspecified atom stereocenters. The van der Waals surface area contributed by atoms with Crippen molar-refractivity contribution >= 4 is 0 Å². The van der Waals surface area contributed by atoms with Crippen LogP contribution in [0.3, 0.4) is 0 Å². The molecule has 0 aliphatic heterocycles. The Labute approximate surface area is 86.5 Å². The van der Waals surface area contributed by atoms with E-state index in [1.54, 1.807) is 7.11 Å². The van der Waals surface area contributed by atoms with Gasteiger partial charge < -0.3 is 14.8 Å². The third-order valence-electron chi connectivity index (χ3n) is 2.57. The molecule has 0 aromatic carbocycles. The molecule has 1 rings (SSSR count). The highest BCUT2D eigenvalue weighted by Crippen LogP contribution is 2.26. The zero-order valence-electron chi connectivity index (χ0n) is 9.38. The summed E-state index contributed by atoms with van der Waals surface area (Å²) in [6.45, 7) is 9.52. The van der Waals surface area contributed by atoms with Gasteiger partial charge in [-0.3, -0.25) is 0 Å². The largest absolute Gasteiger partial charge is 0.377 e. The number of hydrogen-bond donors (Lipinski definition) is 1. The molecule has 0 spiro atoms. The Morgan fingerprint density at radius 2 is 2.29 bits per heavy atom. The van der Waals surface area contributed by atoms with Crippen LogP contribution in [0.4, 0.5) is 0 Å². The van der Waals surface area contributed by atoms with Crippen LogP contribution in [0, 0.1) is 0 Å². The SMILES string of the molecule is C=C(C)CNC1CC(OCC)C1OC. The van der Waals surface area contributed by atoms with Crippen molar-refractivity contribution in [1.82, 2.24) is 5.32 Å². The van der Waals surface area contributed by atoms with Crippen molar-refractivity contribution in [2.45, 2.75) is 38.5 Å². The number of hydrogen-bond acceptors (Lipinski definition) is 3. The van der Waals surface area contributed by atoms with Gasteiger partial charge in [0.05, 0.1) is 12.2 Å². The molecule has 0 aromatic heterocycles. The quantitative estimate of drug-likeness (QED) is 0.655. The maximum atomic E-state index is 5.53. The van der Waals surface area contributed by atoms with Gasteiger partial charge in [-0.25, -0.2) is 0 Å². The summed E-state index contributed by atoms with van der Waals surface area (Å²) in [6.07, 6.45) is 1.52. The summed E-state index contributed by atoms with van der Waals surface area (Å²) in [5.74, 6) is 0. The van der Waals surface area contributed by atoms with E-state index in [2.05, 4.69) is 11.9 Å². The first-order chi connectivity index (χ1) is 6.69. The molecule has 3 atom stereocenters. The van der Waals surface area contributed by atoms with Gasteiger partial charge in [-0.05, 0) is 20.3 Å². The molecular formula is C11H21NO2. The van der Waals surface area contributed by atoms with Gasteiger partial charge in [0.25, 0.3) is 0 Å². The summed E-state index contributed by atoms with van der Waals surface area (Å²) in [5.41, 5.74) is 1.15. The van der Waals surface area contributed by atoms with Gasteiger partial charge in [-0.15, -0.1) is 0 Å². The number of rotatable bonds is 6. The van der Waals surface area contributed by atoms with Crippen molar-refractivity contribution in [2.75, 3.05) is 20.3 Å². The van der Waals surface area contributed by atoms with Crippen molar-refractivity contribution in [2.24, 2.45) is 0 Å². The molecule has 0 heterocycles. The fourth-order valence-electron chi connectivity index (χ4n) is 1.78. The number of methoxy groups -OCH3 is 1. The maximum Gasteiger partial charge on any atom is 0.0986 e. The molecule has 1 aliphatic carbocycles. The van der Waals surface area contributed by atoms with Gasteiger partial charge in [0, 0.05) is 26.3 Å². The van der Waals surface area contributed by atoms with Crippen LogP contribution in [0.1, 0.15) is 20.3 Å². The van der Waals surface area contributed by atoms with E-state index in [1.807, 2.05) is 13.8 Å².